The van der Waals surface area contributed by atoms with Crippen LogP contribution in [0.5, 0.6) is 0 Å². The number of rotatable bonds is 3. The monoisotopic (exact) mass is 358 g/mol. The zero-order chi connectivity index (χ0) is 18.8. The first-order valence-electron chi connectivity index (χ1n) is 8.95. The Morgan fingerprint density at radius 3 is 2.54 bits per heavy atom. The molecule has 1 aromatic heterocycles. The lowest BCUT2D eigenvalue weighted by atomic mass is 9.87. The standard InChI is InChI=1S/C20H26N2O4/c1-19(2,3)25-18(23)22-11-9-20(24,10-12-22)14-16-13-17(21-26-16)15-7-5-4-6-8-15/h4-8,13,24H,9-12,14H2,1-3H3. The van der Waals surface area contributed by atoms with Crippen molar-refractivity contribution in [3.63, 3.8) is 0 Å². The van der Waals surface area contributed by atoms with Gasteiger partial charge in [0.25, 0.3) is 0 Å². The van der Waals surface area contributed by atoms with Gasteiger partial charge in [0.1, 0.15) is 17.1 Å². The summed E-state index contributed by atoms with van der Waals surface area (Å²) in [7, 11) is 0. The minimum atomic E-state index is -0.897. The normalized spacial score (nSPS) is 17.2. The van der Waals surface area contributed by atoms with Crippen LogP contribution in [0.4, 0.5) is 4.79 Å². The van der Waals surface area contributed by atoms with E-state index in [2.05, 4.69) is 5.16 Å². The lowest BCUT2D eigenvalue weighted by molar-refractivity contribution is -0.0343. The van der Waals surface area contributed by atoms with Crippen molar-refractivity contribution in [1.29, 1.82) is 0 Å². The highest BCUT2D eigenvalue weighted by Crippen LogP contribution is 2.29. The molecule has 6 heteroatoms. The van der Waals surface area contributed by atoms with Crippen molar-refractivity contribution in [1.82, 2.24) is 10.1 Å². The fraction of sp³-hybridized carbons (Fsp3) is 0.500. The Morgan fingerprint density at radius 2 is 1.92 bits per heavy atom. The van der Waals surface area contributed by atoms with Crippen LogP contribution >= 0.6 is 0 Å². The maximum atomic E-state index is 12.1. The summed E-state index contributed by atoms with van der Waals surface area (Å²) < 4.78 is 10.8. The van der Waals surface area contributed by atoms with Gasteiger partial charge < -0.3 is 19.3 Å². The number of carbonyl (C=O) groups excluding carboxylic acids is 1. The molecule has 140 valence electrons. The van der Waals surface area contributed by atoms with Gasteiger partial charge in [-0.1, -0.05) is 35.5 Å². The number of nitrogens with zero attached hydrogens (tertiary/aromatic N) is 2. The van der Waals surface area contributed by atoms with E-state index < -0.39 is 11.2 Å². The molecule has 6 nitrogen and oxygen atoms in total. The van der Waals surface area contributed by atoms with Gasteiger partial charge in [0.15, 0.2) is 0 Å². The zero-order valence-electron chi connectivity index (χ0n) is 15.6. The van der Waals surface area contributed by atoms with Crippen LogP contribution in [-0.2, 0) is 11.2 Å². The number of amides is 1. The molecule has 1 aliphatic heterocycles. The number of benzene rings is 1. The summed E-state index contributed by atoms with van der Waals surface area (Å²) in [6.07, 6.45) is 1.02. The Morgan fingerprint density at radius 1 is 1.27 bits per heavy atom. The Bertz CT molecular complexity index is 741. The zero-order valence-corrected chi connectivity index (χ0v) is 15.6. The van der Waals surface area contributed by atoms with Crippen LogP contribution in [0.25, 0.3) is 11.3 Å². The predicted molar refractivity (Wildman–Crippen MR) is 97.6 cm³/mol. The largest absolute Gasteiger partial charge is 0.444 e. The van der Waals surface area contributed by atoms with Crippen LogP contribution in [0.2, 0.25) is 0 Å². The fourth-order valence-corrected chi connectivity index (χ4v) is 3.07. The lowest BCUT2D eigenvalue weighted by Gasteiger charge is -2.38. The van der Waals surface area contributed by atoms with Crippen molar-refractivity contribution in [3.8, 4) is 11.3 Å². The quantitative estimate of drug-likeness (QED) is 0.906. The number of hydrogen-bond donors (Lipinski definition) is 1. The van der Waals surface area contributed by atoms with Crippen molar-refractivity contribution < 1.29 is 19.2 Å². The highest BCUT2D eigenvalue weighted by molar-refractivity contribution is 5.68. The summed E-state index contributed by atoms with van der Waals surface area (Å²) in [5.74, 6) is 0.650. The molecule has 0 saturated carbocycles. The van der Waals surface area contributed by atoms with E-state index in [-0.39, 0.29) is 6.09 Å². The van der Waals surface area contributed by atoms with Gasteiger partial charge >= 0.3 is 6.09 Å². The Hall–Kier alpha value is -2.34. The van der Waals surface area contributed by atoms with E-state index >= 15 is 0 Å². The molecule has 26 heavy (non-hydrogen) atoms. The molecule has 2 heterocycles. The molecule has 0 radical (unpaired) electrons. The molecule has 1 N–H and O–H groups in total. The highest BCUT2D eigenvalue weighted by Gasteiger charge is 2.36. The van der Waals surface area contributed by atoms with E-state index in [9.17, 15) is 9.90 Å². The van der Waals surface area contributed by atoms with Gasteiger partial charge in [-0.15, -0.1) is 0 Å². The second-order valence-corrected chi connectivity index (χ2v) is 7.91. The second-order valence-electron chi connectivity index (χ2n) is 7.91. The average molecular weight is 358 g/mol. The maximum absolute atomic E-state index is 12.1. The van der Waals surface area contributed by atoms with Gasteiger partial charge in [-0.2, -0.15) is 0 Å². The third kappa shape index (κ3) is 4.64. The number of hydrogen-bond acceptors (Lipinski definition) is 5. The van der Waals surface area contributed by atoms with E-state index in [1.807, 2.05) is 57.2 Å². The highest BCUT2D eigenvalue weighted by atomic mass is 16.6. The molecule has 1 saturated heterocycles. The number of ether oxygens (including phenoxy) is 1. The van der Waals surface area contributed by atoms with Crippen LogP contribution in [0.15, 0.2) is 40.9 Å². The minimum Gasteiger partial charge on any atom is -0.444 e. The Labute approximate surface area is 153 Å². The molecule has 1 aromatic carbocycles. The van der Waals surface area contributed by atoms with E-state index in [1.165, 1.54) is 0 Å². The molecule has 2 aromatic rings. The molecule has 0 bridgehead atoms. The smallest absolute Gasteiger partial charge is 0.410 e. The molecule has 0 unspecified atom stereocenters. The Balaban J connectivity index is 1.58. The van der Waals surface area contributed by atoms with Crippen molar-refractivity contribution in [2.45, 2.75) is 51.2 Å². The average Bonchev–Trinajstić information content (AvgIpc) is 3.02. The van der Waals surface area contributed by atoms with E-state index in [4.69, 9.17) is 9.26 Å². The summed E-state index contributed by atoms with van der Waals surface area (Å²) in [6.45, 7) is 6.47. The molecule has 0 spiro atoms. The molecular weight excluding hydrogens is 332 g/mol. The van der Waals surface area contributed by atoms with Crippen molar-refractivity contribution >= 4 is 6.09 Å². The first-order valence-corrected chi connectivity index (χ1v) is 8.95. The number of aliphatic hydroxyl groups is 1. The molecule has 1 amide bonds. The first kappa shape index (κ1) is 18.5. The Kier molecular flexibility index (Phi) is 5.05. The van der Waals surface area contributed by atoms with Gasteiger partial charge in [-0.05, 0) is 33.6 Å². The lowest BCUT2D eigenvalue weighted by Crippen LogP contribution is -2.48. The number of aromatic nitrogens is 1. The van der Waals surface area contributed by atoms with E-state index in [1.54, 1.807) is 4.90 Å². The number of carbonyl (C=O) groups is 1. The molecule has 1 fully saturated rings. The van der Waals surface area contributed by atoms with E-state index in [0.29, 0.717) is 38.1 Å². The molecular formula is C20H26N2O4. The number of piperidine rings is 1. The fourth-order valence-electron chi connectivity index (χ4n) is 3.07. The third-order valence-electron chi connectivity index (χ3n) is 4.48. The molecule has 1 aliphatic rings. The summed E-state index contributed by atoms with van der Waals surface area (Å²) in [6, 6.07) is 11.7. The predicted octanol–water partition coefficient (Wildman–Crippen LogP) is 3.65. The van der Waals surface area contributed by atoms with Crippen LogP contribution in [0.1, 0.15) is 39.4 Å². The van der Waals surface area contributed by atoms with Crippen LogP contribution in [0, 0.1) is 0 Å². The topological polar surface area (TPSA) is 75.8 Å². The van der Waals surface area contributed by atoms with Crippen molar-refractivity contribution in [2.75, 3.05) is 13.1 Å². The third-order valence-corrected chi connectivity index (χ3v) is 4.48. The second kappa shape index (κ2) is 7.11. The van der Waals surface area contributed by atoms with Crippen LogP contribution in [0.3, 0.4) is 0 Å². The number of likely N-dealkylation sites (tertiary alicyclic amines) is 1. The summed E-state index contributed by atoms with van der Waals surface area (Å²) in [5, 5.41) is 15.0. The summed E-state index contributed by atoms with van der Waals surface area (Å²) in [5.41, 5.74) is 0.328. The van der Waals surface area contributed by atoms with Crippen molar-refractivity contribution in [3.05, 3.63) is 42.2 Å². The van der Waals surface area contributed by atoms with Gasteiger partial charge in [0.2, 0.25) is 0 Å². The first-order chi connectivity index (χ1) is 12.2. The maximum Gasteiger partial charge on any atom is 0.410 e. The van der Waals surface area contributed by atoms with E-state index in [0.717, 1.165) is 11.3 Å². The van der Waals surface area contributed by atoms with Crippen LogP contribution in [-0.4, -0.2) is 45.5 Å². The van der Waals surface area contributed by atoms with Gasteiger partial charge in [-0.25, -0.2) is 4.79 Å². The summed E-state index contributed by atoms with van der Waals surface area (Å²) >= 11 is 0. The molecule has 0 aliphatic carbocycles. The SMILES string of the molecule is CC(C)(C)OC(=O)N1CCC(O)(Cc2cc(-c3ccccc3)no2)CC1. The molecule has 0 atom stereocenters. The van der Waals surface area contributed by atoms with Gasteiger partial charge in [0, 0.05) is 31.1 Å². The minimum absolute atomic E-state index is 0.328. The summed E-state index contributed by atoms with van der Waals surface area (Å²) in [4.78, 5) is 13.8. The van der Waals surface area contributed by atoms with Crippen molar-refractivity contribution in [2.24, 2.45) is 0 Å². The molecule has 3 rings (SSSR count). The van der Waals surface area contributed by atoms with Gasteiger partial charge in [0.05, 0.1) is 5.60 Å². The van der Waals surface area contributed by atoms with Crippen LogP contribution < -0.4 is 0 Å². The van der Waals surface area contributed by atoms with Gasteiger partial charge in [-0.3, -0.25) is 0 Å².